The number of carbonyl (C=O) groups excluding carboxylic acids is 1. The molecule has 0 atom stereocenters. The summed E-state index contributed by atoms with van der Waals surface area (Å²) in [5, 5.41) is 0. The zero-order valence-corrected chi connectivity index (χ0v) is 10.6. The molecule has 98 valence electrons. The number of rotatable bonds is 3. The molecule has 0 unspecified atom stereocenters. The van der Waals surface area contributed by atoms with Gasteiger partial charge in [-0.25, -0.2) is 4.79 Å². The van der Waals surface area contributed by atoms with Gasteiger partial charge in [-0.3, -0.25) is 0 Å². The van der Waals surface area contributed by atoms with Crippen LogP contribution in [0.1, 0.15) is 42.5 Å². The summed E-state index contributed by atoms with van der Waals surface area (Å²) >= 11 is 0. The number of ether oxygens (including phenoxy) is 2. The zero-order chi connectivity index (χ0) is 13.0. The number of benzene rings is 1. The van der Waals surface area contributed by atoms with E-state index in [0.717, 1.165) is 25.7 Å². The number of esters is 1. The van der Waals surface area contributed by atoms with Gasteiger partial charge in [0.2, 0.25) is 0 Å². The maximum Gasteiger partial charge on any atom is 0.338 e. The Labute approximate surface area is 107 Å². The molecule has 4 heteroatoms. The van der Waals surface area contributed by atoms with E-state index in [1.807, 2.05) is 0 Å². The summed E-state index contributed by atoms with van der Waals surface area (Å²) in [5.74, 6) is 0.216. The van der Waals surface area contributed by atoms with Crippen LogP contribution in [0.25, 0.3) is 0 Å². The lowest BCUT2D eigenvalue weighted by atomic mass is 9.98. The molecule has 1 saturated carbocycles. The van der Waals surface area contributed by atoms with Crippen molar-refractivity contribution in [2.45, 2.75) is 38.2 Å². The highest BCUT2D eigenvalue weighted by molar-refractivity contribution is 5.90. The largest absolute Gasteiger partial charge is 0.495 e. The molecular formula is C14H19NO3. The Morgan fingerprint density at radius 3 is 2.67 bits per heavy atom. The Morgan fingerprint density at radius 2 is 2.00 bits per heavy atom. The van der Waals surface area contributed by atoms with Crippen LogP contribution in [0.4, 0.5) is 5.69 Å². The fourth-order valence-electron chi connectivity index (χ4n) is 2.24. The molecule has 0 aliphatic heterocycles. The molecule has 4 nitrogen and oxygen atoms in total. The lowest BCUT2D eigenvalue weighted by Gasteiger charge is -2.21. The number of anilines is 1. The van der Waals surface area contributed by atoms with Crippen molar-refractivity contribution >= 4 is 11.7 Å². The predicted molar refractivity (Wildman–Crippen MR) is 69.7 cm³/mol. The van der Waals surface area contributed by atoms with E-state index in [-0.39, 0.29) is 12.1 Å². The average Bonchev–Trinajstić information content (AvgIpc) is 2.40. The third kappa shape index (κ3) is 2.94. The minimum absolute atomic E-state index is 0.0646. The summed E-state index contributed by atoms with van der Waals surface area (Å²) in [7, 11) is 1.53. The van der Waals surface area contributed by atoms with Crippen LogP contribution in [0, 0.1) is 0 Å². The number of methoxy groups -OCH3 is 1. The van der Waals surface area contributed by atoms with E-state index in [2.05, 4.69) is 0 Å². The third-order valence-electron chi connectivity index (χ3n) is 3.30. The molecule has 0 spiro atoms. The van der Waals surface area contributed by atoms with Crippen molar-refractivity contribution in [3.05, 3.63) is 23.8 Å². The smallest absolute Gasteiger partial charge is 0.338 e. The fourth-order valence-corrected chi connectivity index (χ4v) is 2.24. The van der Waals surface area contributed by atoms with Crippen LogP contribution in [-0.2, 0) is 4.74 Å². The summed E-state index contributed by atoms with van der Waals surface area (Å²) in [6.07, 6.45) is 5.53. The maximum atomic E-state index is 12.0. The van der Waals surface area contributed by atoms with Crippen molar-refractivity contribution < 1.29 is 14.3 Å². The lowest BCUT2D eigenvalue weighted by molar-refractivity contribution is 0.0211. The SMILES string of the molecule is COc1cc(C(=O)OC2CCCCC2)ccc1N. The van der Waals surface area contributed by atoms with Gasteiger partial charge in [-0.1, -0.05) is 6.42 Å². The maximum absolute atomic E-state index is 12.0. The summed E-state index contributed by atoms with van der Waals surface area (Å²) in [4.78, 5) is 12.0. The van der Waals surface area contributed by atoms with Crippen LogP contribution in [0.2, 0.25) is 0 Å². The van der Waals surface area contributed by atoms with Gasteiger partial charge >= 0.3 is 5.97 Å². The molecule has 1 aromatic carbocycles. The molecule has 1 aromatic rings. The molecule has 1 fully saturated rings. The average molecular weight is 249 g/mol. The third-order valence-corrected chi connectivity index (χ3v) is 3.30. The van der Waals surface area contributed by atoms with E-state index in [1.165, 1.54) is 13.5 Å². The number of hydrogen-bond acceptors (Lipinski definition) is 4. The van der Waals surface area contributed by atoms with Crippen LogP contribution in [-0.4, -0.2) is 19.2 Å². The zero-order valence-electron chi connectivity index (χ0n) is 10.6. The second kappa shape index (κ2) is 5.76. The van der Waals surface area contributed by atoms with E-state index in [0.29, 0.717) is 17.0 Å². The Kier molecular flexibility index (Phi) is 4.07. The van der Waals surface area contributed by atoms with E-state index in [4.69, 9.17) is 15.2 Å². The minimum atomic E-state index is -0.291. The number of nitrogens with two attached hydrogens (primary N) is 1. The standard InChI is InChI=1S/C14H19NO3/c1-17-13-9-10(7-8-12(13)15)14(16)18-11-5-3-2-4-6-11/h7-9,11H,2-6,15H2,1H3. The highest BCUT2D eigenvalue weighted by atomic mass is 16.5. The molecule has 0 amide bonds. The van der Waals surface area contributed by atoms with Crippen LogP contribution in [0.15, 0.2) is 18.2 Å². The fraction of sp³-hybridized carbons (Fsp3) is 0.500. The summed E-state index contributed by atoms with van der Waals surface area (Å²) < 4.78 is 10.6. The Morgan fingerprint density at radius 1 is 1.28 bits per heavy atom. The highest BCUT2D eigenvalue weighted by Gasteiger charge is 2.19. The lowest BCUT2D eigenvalue weighted by Crippen LogP contribution is -2.20. The minimum Gasteiger partial charge on any atom is -0.495 e. The van der Waals surface area contributed by atoms with Crippen LogP contribution < -0.4 is 10.5 Å². The topological polar surface area (TPSA) is 61.5 Å². The van der Waals surface area contributed by atoms with E-state index in [1.54, 1.807) is 18.2 Å². The quantitative estimate of drug-likeness (QED) is 0.661. The second-order valence-electron chi connectivity index (χ2n) is 4.62. The second-order valence-corrected chi connectivity index (χ2v) is 4.62. The first kappa shape index (κ1) is 12.7. The van der Waals surface area contributed by atoms with Crippen molar-refractivity contribution in [2.75, 3.05) is 12.8 Å². The first-order chi connectivity index (χ1) is 8.70. The Bertz CT molecular complexity index is 425. The summed E-state index contributed by atoms with van der Waals surface area (Å²) in [6, 6.07) is 4.96. The van der Waals surface area contributed by atoms with Crippen molar-refractivity contribution in [1.29, 1.82) is 0 Å². The summed E-state index contributed by atoms with van der Waals surface area (Å²) in [5.41, 5.74) is 6.72. The summed E-state index contributed by atoms with van der Waals surface area (Å²) in [6.45, 7) is 0. The molecular weight excluding hydrogens is 230 g/mol. The Balaban J connectivity index is 2.03. The predicted octanol–water partition coefficient (Wildman–Crippen LogP) is 2.77. The molecule has 0 aromatic heterocycles. The van der Waals surface area contributed by atoms with Gasteiger partial charge in [0, 0.05) is 0 Å². The first-order valence-electron chi connectivity index (χ1n) is 6.35. The van der Waals surface area contributed by atoms with Gasteiger partial charge in [-0.05, 0) is 43.9 Å². The van der Waals surface area contributed by atoms with Crippen LogP contribution in [0.3, 0.4) is 0 Å². The molecule has 0 heterocycles. The number of hydrogen-bond donors (Lipinski definition) is 1. The van der Waals surface area contributed by atoms with Crippen LogP contribution in [0.5, 0.6) is 5.75 Å². The van der Waals surface area contributed by atoms with Crippen molar-refractivity contribution in [1.82, 2.24) is 0 Å². The van der Waals surface area contributed by atoms with Gasteiger partial charge in [0.25, 0.3) is 0 Å². The van der Waals surface area contributed by atoms with Gasteiger partial charge in [0.15, 0.2) is 0 Å². The van der Waals surface area contributed by atoms with Crippen molar-refractivity contribution in [2.24, 2.45) is 0 Å². The van der Waals surface area contributed by atoms with Crippen molar-refractivity contribution in [3.63, 3.8) is 0 Å². The van der Waals surface area contributed by atoms with Crippen molar-refractivity contribution in [3.8, 4) is 5.75 Å². The molecule has 2 N–H and O–H groups in total. The molecule has 0 saturated heterocycles. The molecule has 0 bridgehead atoms. The van der Waals surface area contributed by atoms with E-state index in [9.17, 15) is 4.79 Å². The molecule has 1 aliphatic rings. The van der Waals surface area contributed by atoms with Gasteiger partial charge < -0.3 is 15.2 Å². The first-order valence-corrected chi connectivity index (χ1v) is 6.35. The molecule has 1 aliphatic carbocycles. The number of carbonyl (C=O) groups is 1. The van der Waals surface area contributed by atoms with E-state index >= 15 is 0 Å². The monoisotopic (exact) mass is 249 g/mol. The normalized spacial score (nSPS) is 16.3. The molecule has 2 rings (SSSR count). The van der Waals surface area contributed by atoms with Gasteiger partial charge in [-0.15, -0.1) is 0 Å². The van der Waals surface area contributed by atoms with Gasteiger partial charge in [0.05, 0.1) is 18.4 Å². The van der Waals surface area contributed by atoms with Gasteiger partial charge in [0.1, 0.15) is 11.9 Å². The number of nitrogen functional groups attached to an aromatic ring is 1. The Hall–Kier alpha value is -1.71. The highest BCUT2D eigenvalue weighted by Crippen LogP contribution is 2.25. The van der Waals surface area contributed by atoms with E-state index < -0.39 is 0 Å². The van der Waals surface area contributed by atoms with Gasteiger partial charge in [-0.2, -0.15) is 0 Å². The molecule has 0 radical (unpaired) electrons. The van der Waals surface area contributed by atoms with Crippen LogP contribution >= 0.6 is 0 Å². The molecule has 18 heavy (non-hydrogen) atoms.